The first kappa shape index (κ1) is 16.3. The van der Waals surface area contributed by atoms with Crippen LogP contribution in [0.1, 0.15) is 65.2 Å². The van der Waals surface area contributed by atoms with E-state index in [1.807, 2.05) is 0 Å². The van der Waals surface area contributed by atoms with Crippen LogP contribution in [-0.4, -0.2) is 37.0 Å². The largest absolute Gasteiger partial charge is 0.396 e. The molecule has 2 N–H and O–H groups in total. The summed E-state index contributed by atoms with van der Waals surface area (Å²) < 4.78 is 5.99. The maximum absolute atomic E-state index is 9.06. The predicted octanol–water partition coefficient (Wildman–Crippen LogP) is 3.11. The van der Waals surface area contributed by atoms with Crippen LogP contribution in [-0.2, 0) is 4.74 Å². The van der Waals surface area contributed by atoms with Crippen molar-refractivity contribution >= 4 is 0 Å². The first-order valence-corrected chi connectivity index (χ1v) is 8.68. The molecule has 0 amide bonds. The Balaban J connectivity index is 1.76. The zero-order valence-corrected chi connectivity index (χ0v) is 13.4. The molecule has 118 valence electrons. The number of rotatable bonds is 8. The number of ether oxygens (including phenoxy) is 1. The van der Waals surface area contributed by atoms with E-state index >= 15 is 0 Å². The van der Waals surface area contributed by atoms with E-state index in [9.17, 15) is 0 Å². The summed E-state index contributed by atoms with van der Waals surface area (Å²) in [6.45, 7) is 6.51. The van der Waals surface area contributed by atoms with Gasteiger partial charge in [-0.25, -0.2) is 0 Å². The molecular weight excluding hydrogens is 250 g/mol. The van der Waals surface area contributed by atoms with Crippen molar-refractivity contribution in [3.8, 4) is 0 Å². The molecule has 2 aliphatic rings. The van der Waals surface area contributed by atoms with E-state index in [0.717, 1.165) is 19.6 Å². The second-order valence-corrected chi connectivity index (χ2v) is 6.91. The summed E-state index contributed by atoms with van der Waals surface area (Å²) in [5, 5.41) is 12.8. The summed E-state index contributed by atoms with van der Waals surface area (Å²) in [4.78, 5) is 0. The summed E-state index contributed by atoms with van der Waals surface area (Å²) in [5.74, 6) is 0.443. The van der Waals surface area contributed by atoms with Crippen LogP contribution >= 0.6 is 0 Å². The van der Waals surface area contributed by atoms with Gasteiger partial charge in [-0.1, -0.05) is 26.2 Å². The second-order valence-electron chi connectivity index (χ2n) is 6.91. The second kappa shape index (κ2) is 7.77. The molecule has 0 aromatic carbocycles. The van der Waals surface area contributed by atoms with Crippen molar-refractivity contribution in [2.75, 3.05) is 19.8 Å². The van der Waals surface area contributed by atoms with Crippen molar-refractivity contribution in [3.05, 3.63) is 0 Å². The fraction of sp³-hybridized carbons (Fsp3) is 1.00. The zero-order valence-electron chi connectivity index (χ0n) is 13.4. The van der Waals surface area contributed by atoms with Crippen molar-refractivity contribution in [2.45, 2.75) is 77.4 Å². The number of hydrogen-bond acceptors (Lipinski definition) is 3. The lowest BCUT2D eigenvalue weighted by atomic mass is 9.55. The van der Waals surface area contributed by atoms with Crippen molar-refractivity contribution in [2.24, 2.45) is 11.3 Å². The lowest BCUT2D eigenvalue weighted by molar-refractivity contribution is -0.149. The number of nitrogens with one attached hydrogen (secondary N) is 1. The molecule has 0 bridgehead atoms. The van der Waals surface area contributed by atoms with E-state index in [1.54, 1.807) is 0 Å². The highest BCUT2D eigenvalue weighted by atomic mass is 16.5. The Morgan fingerprint density at radius 1 is 1.30 bits per heavy atom. The molecule has 0 heterocycles. The number of hydrogen-bond donors (Lipinski definition) is 2. The molecule has 2 saturated carbocycles. The Labute approximate surface area is 124 Å². The van der Waals surface area contributed by atoms with E-state index in [2.05, 4.69) is 19.2 Å². The Hall–Kier alpha value is -0.120. The van der Waals surface area contributed by atoms with Gasteiger partial charge in [0.05, 0.1) is 6.10 Å². The third kappa shape index (κ3) is 3.55. The molecule has 0 radical (unpaired) electrons. The van der Waals surface area contributed by atoms with Gasteiger partial charge in [-0.05, 0) is 51.5 Å². The highest BCUT2D eigenvalue weighted by molar-refractivity contribution is 5.08. The standard InChI is InChI=1S/C17H33NO2/c1-3-20-16-12-15(17(16)9-5-4-6-10-17)18-11-7-8-14(2)13-19/h14-16,18-19H,3-13H2,1-2H3. The van der Waals surface area contributed by atoms with Crippen LogP contribution in [0.5, 0.6) is 0 Å². The average molecular weight is 283 g/mol. The molecular formula is C17H33NO2. The quantitative estimate of drug-likeness (QED) is 0.673. The van der Waals surface area contributed by atoms with Crippen LogP contribution in [0.25, 0.3) is 0 Å². The Morgan fingerprint density at radius 2 is 2.05 bits per heavy atom. The molecule has 0 saturated heterocycles. The van der Waals surface area contributed by atoms with Crippen LogP contribution in [0.2, 0.25) is 0 Å². The van der Waals surface area contributed by atoms with Gasteiger partial charge in [-0.3, -0.25) is 0 Å². The van der Waals surface area contributed by atoms with Gasteiger partial charge < -0.3 is 15.2 Å². The van der Waals surface area contributed by atoms with E-state index in [-0.39, 0.29) is 0 Å². The highest BCUT2D eigenvalue weighted by Crippen LogP contribution is 2.53. The Morgan fingerprint density at radius 3 is 2.70 bits per heavy atom. The summed E-state index contributed by atoms with van der Waals surface area (Å²) in [5.41, 5.74) is 0.441. The lowest BCUT2D eigenvalue weighted by Crippen LogP contribution is -2.64. The third-order valence-electron chi connectivity index (χ3n) is 5.51. The molecule has 3 nitrogen and oxygen atoms in total. The topological polar surface area (TPSA) is 41.5 Å². The van der Waals surface area contributed by atoms with Crippen LogP contribution < -0.4 is 5.32 Å². The van der Waals surface area contributed by atoms with E-state index < -0.39 is 0 Å². The summed E-state index contributed by atoms with van der Waals surface area (Å²) in [7, 11) is 0. The fourth-order valence-corrected chi connectivity index (χ4v) is 4.17. The predicted molar refractivity (Wildman–Crippen MR) is 82.8 cm³/mol. The van der Waals surface area contributed by atoms with Gasteiger partial charge in [0.15, 0.2) is 0 Å². The maximum atomic E-state index is 9.06. The third-order valence-corrected chi connectivity index (χ3v) is 5.51. The van der Waals surface area contributed by atoms with Crippen LogP contribution in [0.4, 0.5) is 0 Å². The Bertz CT molecular complexity index is 276. The minimum Gasteiger partial charge on any atom is -0.396 e. The monoisotopic (exact) mass is 283 g/mol. The van der Waals surface area contributed by atoms with Crippen LogP contribution in [0, 0.1) is 11.3 Å². The minimum absolute atomic E-state index is 0.319. The van der Waals surface area contributed by atoms with Gasteiger partial charge in [0.25, 0.3) is 0 Å². The lowest BCUT2D eigenvalue weighted by Gasteiger charge is -2.58. The van der Waals surface area contributed by atoms with Gasteiger partial charge in [-0.15, -0.1) is 0 Å². The first-order chi connectivity index (χ1) is 9.73. The number of aliphatic hydroxyl groups is 1. The molecule has 3 unspecified atom stereocenters. The zero-order chi connectivity index (χ0) is 14.4. The fourth-order valence-electron chi connectivity index (χ4n) is 4.17. The molecule has 3 atom stereocenters. The smallest absolute Gasteiger partial charge is 0.0661 e. The van der Waals surface area contributed by atoms with Gasteiger partial charge in [0, 0.05) is 24.7 Å². The molecule has 1 spiro atoms. The SMILES string of the molecule is CCOC1CC(NCCCC(C)CO)C12CCCCC2. The van der Waals surface area contributed by atoms with E-state index in [4.69, 9.17) is 9.84 Å². The molecule has 2 aliphatic carbocycles. The molecule has 0 aliphatic heterocycles. The van der Waals surface area contributed by atoms with Crippen molar-refractivity contribution in [1.29, 1.82) is 0 Å². The summed E-state index contributed by atoms with van der Waals surface area (Å²) >= 11 is 0. The molecule has 0 aromatic rings. The van der Waals surface area contributed by atoms with E-state index in [1.165, 1.54) is 44.9 Å². The normalized spacial score (nSPS) is 30.1. The van der Waals surface area contributed by atoms with E-state index in [0.29, 0.717) is 30.1 Å². The summed E-state index contributed by atoms with van der Waals surface area (Å²) in [6.07, 6.45) is 10.9. The molecule has 0 aromatic heterocycles. The average Bonchev–Trinajstić information content (AvgIpc) is 2.49. The van der Waals surface area contributed by atoms with Crippen molar-refractivity contribution in [3.63, 3.8) is 0 Å². The molecule has 2 fully saturated rings. The highest BCUT2D eigenvalue weighted by Gasteiger charge is 2.55. The summed E-state index contributed by atoms with van der Waals surface area (Å²) in [6, 6.07) is 0.670. The van der Waals surface area contributed by atoms with Crippen molar-refractivity contribution < 1.29 is 9.84 Å². The van der Waals surface area contributed by atoms with Gasteiger partial charge in [0.2, 0.25) is 0 Å². The maximum Gasteiger partial charge on any atom is 0.0661 e. The number of aliphatic hydroxyl groups excluding tert-OH is 1. The molecule has 3 heteroatoms. The van der Waals surface area contributed by atoms with Crippen LogP contribution in [0.15, 0.2) is 0 Å². The van der Waals surface area contributed by atoms with Crippen molar-refractivity contribution in [1.82, 2.24) is 5.32 Å². The minimum atomic E-state index is 0.319. The van der Waals surface area contributed by atoms with Crippen LogP contribution in [0.3, 0.4) is 0 Å². The Kier molecular flexibility index (Phi) is 6.31. The van der Waals surface area contributed by atoms with Gasteiger partial charge in [0.1, 0.15) is 0 Å². The van der Waals surface area contributed by atoms with Gasteiger partial charge >= 0.3 is 0 Å². The molecule has 2 rings (SSSR count). The first-order valence-electron chi connectivity index (χ1n) is 8.68. The molecule has 20 heavy (non-hydrogen) atoms. The van der Waals surface area contributed by atoms with Gasteiger partial charge in [-0.2, -0.15) is 0 Å².